The van der Waals surface area contributed by atoms with E-state index in [9.17, 15) is 26.4 Å². The number of carboxylic acids is 1. The van der Waals surface area contributed by atoms with Gasteiger partial charge in [-0.1, -0.05) is 19.1 Å². The zero-order chi connectivity index (χ0) is 18.8. The van der Waals surface area contributed by atoms with Crippen LogP contribution in [0.1, 0.15) is 29.7 Å². The maximum atomic E-state index is 13.0. The lowest BCUT2D eigenvalue weighted by atomic mass is 10.1. The lowest BCUT2D eigenvalue weighted by Gasteiger charge is -2.13. The Labute approximate surface area is 145 Å². The van der Waals surface area contributed by atoms with E-state index in [4.69, 9.17) is 5.11 Å². The molecule has 2 rings (SSSR count). The fourth-order valence-corrected chi connectivity index (χ4v) is 4.56. The lowest BCUT2D eigenvalue weighted by Crippen LogP contribution is -2.18. The van der Waals surface area contributed by atoms with Crippen LogP contribution in [-0.4, -0.2) is 24.5 Å². The van der Waals surface area contributed by atoms with Gasteiger partial charge in [-0.2, -0.15) is 13.2 Å². The fraction of sp³-hybridized carbons (Fsp3) is 0.286. The zero-order valence-corrected chi connectivity index (χ0v) is 14.4. The van der Waals surface area contributed by atoms with Crippen LogP contribution in [0.25, 0.3) is 0 Å². The van der Waals surface area contributed by atoms with Crippen LogP contribution in [0.3, 0.4) is 0 Å². The summed E-state index contributed by atoms with van der Waals surface area (Å²) >= 11 is 0.765. The minimum atomic E-state index is -4.84. The molecule has 0 spiro atoms. The molecule has 1 atom stereocenters. The zero-order valence-electron chi connectivity index (χ0n) is 12.7. The maximum Gasteiger partial charge on any atom is 0.417 e. The largest absolute Gasteiger partial charge is 0.481 e. The third-order valence-corrected chi connectivity index (χ3v) is 5.83. The Morgan fingerprint density at radius 3 is 2.56 bits per heavy atom. The quantitative estimate of drug-likeness (QED) is 0.781. The average Bonchev–Trinajstić information content (AvgIpc) is 2.94. The molecule has 0 bridgehead atoms. The van der Waals surface area contributed by atoms with Crippen molar-refractivity contribution in [2.75, 3.05) is 4.72 Å². The molecule has 0 fully saturated rings. The first-order valence-corrected chi connectivity index (χ1v) is 9.23. The Kier molecular flexibility index (Phi) is 5.37. The predicted octanol–water partition coefficient (Wildman–Crippen LogP) is 3.54. The van der Waals surface area contributed by atoms with Gasteiger partial charge in [-0.05, 0) is 18.6 Å². The van der Waals surface area contributed by atoms with E-state index in [-0.39, 0.29) is 11.6 Å². The van der Waals surface area contributed by atoms with Crippen LogP contribution in [-0.2, 0) is 21.0 Å². The molecule has 0 aliphatic rings. The number of anilines is 1. The molecule has 6 nitrogen and oxygen atoms in total. The van der Waals surface area contributed by atoms with Crippen LogP contribution in [0, 0.1) is 0 Å². The Hall–Kier alpha value is -2.14. The molecule has 1 unspecified atom stereocenters. The molecule has 2 N–H and O–H groups in total. The SMILES string of the molecule is CCC(C(=O)O)c1cnc(NS(=O)(=O)c2ccccc2C(F)(F)F)s1. The van der Waals surface area contributed by atoms with Gasteiger partial charge in [0.25, 0.3) is 10.0 Å². The Morgan fingerprint density at radius 2 is 2.00 bits per heavy atom. The van der Waals surface area contributed by atoms with E-state index in [1.807, 2.05) is 4.72 Å². The molecule has 0 aliphatic carbocycles. The van der Waals surface area contributed by atoms with Gasteiger partial charge in [-0.15, -0.1) is 11.3 Å². The number of hydrogen-bond acceptors (Lipinski definition) is 5. The van der Waals surface area contributed by atoms with Gasteiger partial charge in [0, 0.05) is 11.1 Å². The van der Waals surface area contributed by atoms with Gasteiger partial charge >= 0.3 is 12.1 Å². The van der Waals surface area contributed by atoms with Gasteiger partial charge in [0.05, 0.1) is 16.4 Å². The van der Waals surface area contributed by atoms with Gasteiger partial charge in [0.2, 0.25) is 0 Å². The highest BCUT2D eigenvalue weighted by Gasteiger charge is 2.37. The molecular formula is C14H13F3N2O4S2. The monoisotopic (exact) mass is 394 g/mol. The Morgan fingerprint density at radius 1 is 1.36 bits per heavy atom. The van der Waals surface area contributed by atoms with Crippen LogP contribution < -0.4 is 4.72 Å². The van der Waals surface area contributed by atoms with E-state index >= 15 is 0 Å². The summed E-state index contributed by atoms with van der Waals surface area (Å²) < 4.78 is 65.5. The number of aromatic nitrogens is 1. The average molecular weight is 394 g/mol. The number of aliphatic carboxylic acids is 1. The van der Waals surface area contributed by atoms with Crippen molar-refractivity contribution in [1.82, 2.24) is 4.98 Å². The molecule has 1 heterocycles. The second-order valence-corrected chi connectivity index (χ2v) is 7.68. The van der Waals surface area contributed by atoms with Crippen LogP contribution in [0.15, 0.2) is 35.4 Å². The number of nitrogens with zero attached hydrogens (tertiary/aromatic N) is 1. The second-order valence-electron chi connectivity index (χ2n) is 4.97. The van der Waals surface area contributed by atoms with Crippen molar-refractivity contribution in [3.05, 3.63) is 40.9 Å². The molecule has 0 amide bonds. The summed E-state index contributed by atoms with van der Waals surface area (Å²) in [7, 11) is -4.54. The highest BCUT2D eigenvalue weighted by atomic mass is 32.2. The molecule has 25 heavy (non-hydrogen) atoms. The van der Waals surface area contributed by atoms with E-state index in [2.05, 4.69) is 4.98 Å². The van der Waals surface area contributed by atoms with Crippen LogP contribution >= 0.6 is 11.3 Å². The van der Waals surface area contributed by atoms with E-state index in [1.165, 1.54) is 12.3 Å². The summed E-state index contributed by atoms with van der Waals surface area (Å²) in [5.41, 5.74) is -1.30. The summed E-state index contributed by atoms with van der Waals surface area (Å²) in [6, 6.07) is 3.77. The first kappa shape index (κ1) is 19.2. The van der Waals surface area contributed by atoms with Crippen molar-refractivity contribution < 1.29 is 31.5 Å². The number of thiazole rings is 1. The number of nitrogens with one attached hydrogen (secondary N) is 1. The molecule has 0 saturated heterocycles. The molecule has 1 aromatic heterocycles. The van der Waals surface area contributed by atoms with E-state index in [0.29, 0.717) is 10.9 Å². The molecule has 0 saturated carbocycles. The van der Waals surface area contributed by atoms with Gasteiger partial charge < -0.3 is 5.11 Å². The minimum absolute atomic E-state index is 0.202. The number of rotatable bonds is 6. The van der Waals surface area contributed by atoms with Crippen molar-refractivity contribution in [2.45, 2.75) is 30.3 Å². The highest BCUT2D eigenvalue weighted by Crippen LogP contribution is 2.35. The van der Waals surface area contributed by atoms with Gasteiger partial charge in [-0.3, -0.25) is 9.52 Å². The first-order chi connectivity index (χ1) is 11.6. The van der Waals surface area contributed by atoms with E-state index in [0.717, 1.165) is 23.5 Å². The number of alkyl halides is 3. The summed E-state index contributed by atoms with van der Waals surface area (Å²) in [6.07, 6.45) is -3.38. The summed E-state index contributed by atoms with van der Waals surface area (Å²) in [5, 5.41) is 8.89. The van der Waals surface area contributed by atoms with Crippen molar-refractivity contribution in [3.63, 3.8) is 0 Å². The van der Waals surface area contributed by atoms with Gasteiger partial charge in [0.15, 0.2) is 5.13 Å². The number of halogens is 3. The smallest absolute Gasteiger partial charge is 0.417 e. The molecule has 11 heteroatoms. The Balaban J connectivity index is 2.35. The molecule has 1 aromatic carbocycles. The Bertz CT molecular complexity index is 878. The van der Waals surface area contributed by atoms with E-state index < -0.39 is 38.5 Å². The maximum absolute atomic E-state index is 13.0. The number of hydrogen-bond donors (Lipinski definition) is 2. The summed E-state index contributed by atoms with van der Waals surface area (Å²) in [4.78, 5) is 14.2. The molecule has 136 valence electrons. The van der Waals surface area contributed by atoms with Crippen molar-refractivity contribution in [3.8, 4) is 0 Å². The number of carboxylic acid groups (broad SMARTS) is 1. The predicted molar refractivity (Wildman–Crippen MR) is 85.0 cm³/mol. The van der Waals surface area contributed by atoms with Crippen LogP contribution in [0.2, 0.25) is 0 Å². The van der Waals surface area contributed by atoms with Crippen molar-refractivity contribution in [2.24, 2.45) is 0 Å². The molecule has 0 radical (unpaired) electrons. The van der Waals surface area contributed by atoms with Crippen LogP contribution in [0.4, 0.5) is 18.3 Å². The van der Waals surface area contributed by atoms with Crippen molar-refractivity contribution in [1.29, 1.82) is 0 Å². The topological polar surface area (TPSA) is 96.4 Å². The first-order valence-electron chi connectivity index (χ1n) is 6.94. The molecule has 0 aliphatic heterocycles. The lowest BCUT2D eigenvalue weighted by molar-refractivity contribution is -0.140. The molecular weight excluding hydrogens is 381 g/mol. The van der Waals surface area contributed by atoms with Crippen LogP contribution in [0.5, 0.6) is 0 Å². The number of sulfonamides is 1. The number of benzene rings is 1. The highest BCUT2D eigenvalue weighted by molar-refractivity contribution is 7.93. The third kappa shape index (κ3) is 4.28. The van der Waals surface area contributed by atoms with Gasteiger partial charge in [0.1, 0.15) is 0 Å². The minimum Gasteiger partial charge on any atom is -0.481 e. The number of carbonyl (C=O) groups is 1. The molecule has 2 aromatic rings. The normalized spacial score (nSPS) is 13.4. The summed E-state index contributed by atoms with van der Waals surface area (Å²) in [5.74, 6) is -1.96. The van der Waals surface area contributed by atoms with Crippen molar-refractivity contribution >= 4 is 32.5 Å². The van der Waals surface area contributed by atoms with Gasteiger partial charge in [-0.25, -0.2) is 13.4 Å². The second kappa shape index (κ2) is 7.00. The standard InChI is InChI=1S/C14H13F3N2O4S2/c1-2-8(12(20)21)10-7-18-13(24-10)19-25(22,23)11-6-4-3-5-9(11)14(15,16)17/h3-8H,2H2,1H3,(H,18,19)(H,20,21). The fourth-order valence-electron chi connectivity index (χ4n) is 2.10. The summed E-state index contributed by atoms with van der Waals surface area (Å²) in [6.45, 7) is 1.64. The van der Waals surface area contributed by atoms with E-state index in [1.54, 1.807) is 6.92 Å². The third-order valence-electron chi connectivity index (χ3n) is 3.28.